The second-order valence-corrected chi connectivity index (χ2v) is 6.86. The first-order valence-electron chi connectivity index (χ1n) is 7.83. The summed E-state index contributed by atoms with van der Waals surface area (Å²) in [6.45, 7) is 2.91. The maximum absolute atomic E-state index is 10.9. The molecular formula is C17H20BrN3O2. The van der Waals surface area contributed by atoms with Crippen LogP contribution in [-0.4, -0.2) is 46.1 Å². The van der Waals surface area contributed by atoms with Gasteiger partial charge in [0.05, 0.1) is 12.1 Å². The van der Waals surface area contributed by atoms with Crippen molar-refractivity contribution in [2.75, 3.05) is 18.4 Å². The molecule has 5 nitrogen and oxygen atoms in total. The Balaban J connectivity index is 1.65. The van der Waals surface area contributed by atoms with Gasteiger partial charge in [-0.25, -0.2) is 0 Å². The van der Waals surface area contributed by atoms with Crippen LogP contribution in [0.3, 0.4) is 0 Å². The standard InChI is InChI=1S/C17H20BrN3O2/c1-2-21(10-17(22)23)13-8-12(9-13)20-15-5-6-19-16-7-11(18)3-4-14(15)16/h3-7,12-13H,2,8-10H2,1H3,(H,19,20)(H,22,23). The second-order valence-electron chi connectivity index (χ2n) is 5.94. The van der Waals surface area contributed by atoms with Crippen LogP contribution in [-0.2, 0) is 4.79 Å². The number of carboxylic acid groups (broad SMARTS) is 1. The van der Waals surface area contributed by atoms with Gasteiger partial charge in [-0.05, 0) is 43.7 Å². The molecule has 2 N–H and O–H groups in total. The van der Waals surface area contributed by atoms with Crippen molar-refractivity contribution in [2.45, 2.75) is 31.8 Å². The van der Waals surface area contributed by atoms with Gasteiger partial charge in [-0.1, -0.05) is 22.9 Å². The van der Waals surface area contributed by atoms with Gasteiger partial charge in [0.15, 0.2) is 0 Å². The molecule has 1 saturated carbocycles. The van der Waals surface area contributed by atoms with Gasteiger partial charge < -0.3 is 10.4 Å². The number of carbonyl (C=O) groups is 1. The largest absolute Gasteiger partial charge is 0.480 e. The Hall–Kier alpha value is -1.66. The number of aromatic nitrogens is 1. The van der Waals surface area contributed by atoms with Gasteiger partial charge in [-0.15, -0.1) is 0 Å². The first-order valence-corrected chi connectivity index (χ1v) is 8.62. The number of hydrogen-bond donors (Lipinski definition) is 2. The molecule has 6 heteroatoms. The average molecular weight is 378 g/mol. The van der Waals surface area contributed by atoms with Gasteiger partial charge in [0.2, 0.25) is 0 Å². The van der Waals surface area contributed by atoms with E-state index in [9.17, 15) is 4.79 Å². The van der Waals surface area contributed by atoms with Crippen molar-refractivity contribution in [1.82, 2.24) is 9.88 Å². The number of aliphatic carboxylic acids is 1. The van der Waals surface area contributed by atoms with E-state index < -0.39 is 5.97 Å². The number of halogens is 1. The normalized spacial score (nSPS) is 20.5. The van der Waals surface area contributed by atoms with E-state index >= 15 is 0 Å². The number of hydrogen-bond acceptors (Lipinski definition) is 4. The lowest BCUT2D eigenvalue weighted by atomic mass is 9.85. The Morgan fingerprint density at radius 3 is 2.91 bits per heavy atom. The number of anilines is 1. The summed E-state index contributed by atoms with van der Waals surface area (Å²) in [5, 5.41) is 13.6. The zero-order chi connectivity index (χ0) is 16.4. The lowest BCUT2D eigenvalue weighted by molar-refractivity contribution is -0.139. The maximum Gasteiger partial charge on any atom is 0.317 e. The fourth-order valence-electron chi connectivity index (χ4n) is 3.14. The topological polar surface area (TPSA) is 65.5 Å². The highest BCUT2D eigenvalue weighted by molar-refractivity contribution is 9.10. The van der Waals surface area contributed by atoms with E-state index in [0.717, 1.165) is 40.4 Å². The summed E-state index contributed by atoms with van der Waals surface area (Å²) < 4.78 is 1.02. The van der Waals surface area contributed by atoms with Crippen molar-refractivity contribution in [2.24, 2.45) is 0 Å². The van der Waals surface area contributed by atoms with Crippen molar-refractivity contribution < 1.29 is 9.90 Å². The molecule has 3 rings (SSSR count). The molecule has 0 aliphatic heterocycles. The van der Waals surface area contributed by atoms with Gasteiger partial charge in [0.25, 0.3) is 0 Å². The van der Waals surface area contributed by atoms with E-state index in [4.69, 9.17) is 5.11 Å². The quantitative estimate of drug-likeness (QED) is 0.807. The molecule has 122 valence electrons. The molecule has 0 unspecified atom stereocenters. The van der Waals surface area contributed by atoms with Crippen LogP contribution in [0.2, 0.25) is 0 Å². The highest BCUT2D eigenvalue weighted by Crippen LogP contribution is 2.31. The van der Waals surface area contributed by atoms with E-state index in [0.29, 0.717) is 12.1 Å². The Bertz CT molecular complexity index is 716. The van der Waals surface area contributed by atoms with Crippen LogP contribution in [0.5, 0.6) is 0 Å². The summed E-state index contributed by atoms with van der Waals surface area (Å²) in [5.74, 6) is -0.756. The summed E-state index contributed by atoms with van der Waals surface area (Å²) >= 11 is 3.47. The van der Waals surface area contributed by atoms with Gasteiger partial charge in [-0.3, -0.25) is 14.7 Å². The van der Waals surface area contributed by atoms with Crippen molar-refractivity contribution in [1.29, 1.82) is 0 Å². The predicted octanol–water partition coefficient (Wildman–Crippen LogP) is 3.35. The SMILES string of the molecule is CCN(CC(=O)O)C1CC(Nc2ccnc3cc(Br)ccc23)C1. The number of nitrogens with zero attached hydrogens (tertiary/aromatic N) is 2. The molecule has 0 radical (unpaired) electrons. The molecule has 23 heavy (non-hydrogen) atoms. The summed E-state index contributed by atoms with van der Waals surface area (Å²) in [7, 11) is 0. The van der Waals surface area contributed by atoms with Crippen LogP contribution in [0.15, 0.2) is 34.9 Å². The molecule has 2 aromatic rings. The van der Waals surface area contributed by atoms with Crippen molar-refractivity contribution in [3.63, 3.8) is 0 Å². The van der Waals surface area contributed by atoms with E-state index in [-0.39, 0.29) is 6.54 Å². The molecule has 0 spiro atoms. The van der Waals surface area contributed by atoms with Gasteiger partial charge >= 0.3 is 5.97 Å². The van der Waals surface area contributed by atoms with Crippen LogP contribution in [0.4, 0.5) is 5.69 Å². The van der Waals surface area contributed by atoms with E-state index in [2.05, 4.69) is 32.3 Å². The summed E-state index contributed by atoms with van der Waals surface area (Å²) in [6, 6.07) is 8.83. The first kappa shape index (κ1) is 16.2. The van der Waals surface area contributed by atoms with Crippen LogP contribution in [0.1, 0.15) is 19.8 Å². The molecule has 1 aliphatic rings. The number of nitrogens with one attached hydrogen (secondary N) is 1. The Morgan fingerprint density at radius 1 is 1.43 bits per heavy atom. The van der Waals surface area contributed by atoms with Crippen molar-refractivity contribution in [3.8, 4) is 0 Å². The second kappa shape index (κ2) is 6.84. The highest BCUT2D eigenvalue weighted by Gasteiger charge is 2.33. The minimum atomic E-state index is -0.756. The fraction of sp³-hybridized carbons (Fsp3) is 0.412. The summed E-state index contributed by atoms with van der Waals surface area (Å²) in [4.78, 5) is 17.3. The first-order chi connectivity index (χ1) is 11.1. The molecule has 1 fully saturated rings. The minimum absolute atomic E-state index is 0.125. The summed E-state index contributed by atoms with van der Waals surface area (Å²) in [5.41, 5.74) is 2.05. The Kier molecular flexibility index (Phi) is 4.82. The number of fused-ring (bicyclic) bond motifs is 1. The summed E-state index contributed by atoms with van der Waals surface area (Å²) in [6.07, 6.45) is 3.76. The van der Waals surface area contributed by atoms with E-state index in [1.165, 1.54) is 0 Å². The Labute approximate surface area is 143 Å². The van der Waals surface area contributed by atoms with Crippen LogP contribution >= 0.6 is 15.9 Å². The molecule has 1 aromatic heterocycles. The molecule has 0 bridgehead atoms. The van der Waals surface area contributed by atoms with E-state index in [1.807, 2.05) is 36.2 Å². The number of likely N-dealkylation sites (N-methyl/N-ethyl adjacent to an activating group) is 1. The third-order valence-corrected chi connectivity index (χ3v) is 4.93. The van der Waals surface area contributed by atoms with Crippen LogP contribution in [0, 0.1) is 0 Å². The molecule has 1 heterocycles. The number of benzene rings is 1. The average Bonchev–Trinajstić information content (AvgIpc) is 2.48. The van der Waals surface area contributed by atoms with Crippen LogP contribution < -0.4 is 5.32 Å². The van der Waals surface area contributed by atoms with Crippen molar-refractivity contribution >= 4 is 38.5 Å². The van der Waals surface area contributed by atoms with E-state index in [1.54, 1.807) is 0 Å². The molecular weight excluding hydrogens is 358 g/mol. The zero-order valence-electron chi connectivity index (χ0n) is 13.0. The monoisotopic (exact) mass is 377 g/mol. The fourth-order valence-corrected chi connectivity index (χ4v) is 3.49. The number of carboxylic acids is 1. The molecule has 1 aromatic carbocycles. The smallest absolute Gasteiger partial charge is 0.317 e. The third kappa shape index (κ3) is 3.64. The maximum atomic E-state index is 10.9. The molecule has 0 amide bonds. The van der Waals surface area contributed by atoms with Gasteiger partial charge in [0, 0.05) is 33.8 Å². The zero-order valence-corrected chi connectivity index (χ0v) is 14.6. The number of pyridine rings is 1. The molecule has 0 saturated heterocycles. The minimum Gasteiger partial charge on any atom is -0.480 e. The third-order valence-electron chi connectivity index (χ3n) is 4.44. The number of rotatable bonds is 6. The lowest BCUT2D eigenvalue weighted by Crippen LogP contribution is -2.51. The predicted molar refractivity (Wildman–Crippen MR) is 94.8 cm³/mol. The van der Waals surface area contributed by atoms with Crippen molar-refractivity contribution in [3.05, 3.63) is 34.9 Å². The molecule has 1 aliphatic carbocycles. The lowest BCUT2D eigenvalue weighted by Gasteiger charge is -2.42. The highest BCUT2D eigenvalue weighted by atomic mass is 79.9. The molecule has 0 atom stereocenters. The van der Waals surface area contributed by atoms with Gasteiger partial charge in [-0.2, -0.15) is 0 Å². The Morgan fingerprint density at radius 2 is 2.22 bits per heavy atom. The van der Waals surface area contributed by atoms with Gasteiger partial charge in [0.1, 0.15) is 0 Å². The van der Waals surface area contributed by atoms with Crippen LogP contribution in [0.25, 0.3) is 10.9 Å².